The summed E-state index contributed by atoms with van der Waals surface area (Å²) in [6.07, 6.45) is -1.88. The molecule has 0 aliphatic heterocycles. The van der Waals surface area contributed by atoms with Gasteiger partial charge in [-0.15, -0.1) is 5.10 Å². The molecule has 76 valence electrons. The second-order valence-corrected chi connectivity index (χ2v) is 1.50. The number of alkyl halides is 3. The summed E-state index contributed by atoms with van der Waals surface area (Å²) in [5.74, 6) is -2.76. The molecular weight excluding hydrogens is 259 g/mol. The second kappa shape index (κ2) is 6.40. The summed E-state index contributed by atoms with van der Waals surface area (Å²) in [7, 11) is 0. The Kier molecular flexibility index (Phi) is 7.09. The Bertz CT molecular complexity index is 208. The van der Waals surface area contributed by atoms with Crippen molar-refractivity contribution in [2.45, 2.75) is 6.18 Å². The van der Waals surface area contributed by atoms with E-state index in [1.165, 1.54) is 0 Å². The van der Waals surface area contributed by atoms with Crippen LogP contribution in [-0.2, 0) is 4.79 Å². The molecule has 1 rings (SSSR count). The zero-order chi connectivity index (χ0) is 9.61. The SMILES string of the molecule is O=C(O)C(F)(F)F.[Br-].c1n[nH]c[nH+]1. The van der Waals surface area contributed by atoms with Crippen molar-refractivity contribution in [1.82, 2.24) is 10.2 Å². The summed E-state index contributed by atoms with van der Waals surface area (Å²) >= 11 is 0. The highest BCUT2D eigenvalue weighted by Crippen LogP contribution is 2.13. The van der Waals surface area contributed by atoms with E-state index in [-0.39, 0.29) is 17.0 Å². The predicted octanol–water partition coefficient (Wildman–Crippen LogP) is -3.14. The largest absolute Gasteiger partial charge is 1.00 e. The van der Waals surface area contributed by atoms with Gasteiger partial charge in [-0.25, -0.2) is 4.79 Å². The molecule has 3 N–H and O–H groups in total. The number of nitrogens with one attached hydrogen (secondary N) is 2. The van der Waals surface area contributed by atoms with Gasteiger partial charge in [0, 0.05) is 5.10 Å². The molecule has 0 aromatic carbocycles. The standard InChI is InChI=1S/C2HF3O2.C2H3N3.BrH/c3-2(4,5)1(6)7;1-3-2-5-4-1;/h(H,6,7);1-2H,(H,3,4,5);1H. The molecule has 1 aromatic heterocycles. The molecule has 0 aliphatic rings. The van der Waals surface area contributed by atoms with Crippen molar-refractivity contribution < 1.29 is 45.0 Å². The zero-order valence-electron chi connectivity index (χ0n) is 5.97. The van der Waals surface area contributed by atoms with Crippen LogP contribution in [0.15, 0.2) is 12.7 Å². The van der Waals surface area contributed by atoms with Crippen molar-refractivity contribution in [3.63, 3.8) is 0 Å². The number of hydrogen-bond donors (Lipinski definition) is 2. The summed E-state index contributed by atoms with van der Waals surface area (Å²) in [5.41, 5.74) is 0. The molecule has 0 amide bonds. The number of aromatic amines is 2. The highest BCUT2D eigenvalue weighted by molar-refractivity contribution is 5.73. The number of H-pyrrole nitrogens is 2. The normalized spacial score (nSPS) is 9.15. The average Bonchev–Trinajstić information content (AvgIpc) is 2.39. The molecule has 1 heterocycles. The number of nitrogens with zero attached hydrogens (tertiary/aromatic N) is 1. The van der Waals surface area contributed by atoms with Crippen LogP contribution in [0.1, 0.15) is 0 Å². The van der Waals surface area contributed by atoms with Crippen molar-refractivity contribution >= 4 is 5.97 Å². The summed E-state index contributed by atoms with van der Waals surface area (Å²) in [4.78, 5) is 11.6. The van der Waals surface area contributed by atoms with Crippen LogP contribution in [0.2, 0.25) is 0 Å². The number of carboxylic acid groups (broad SMARTS) is 1. The van der Waals surface area contributed by atoms with E-state index in [1.54, 1.807) is 12.7 Å². The van der Waals surface area contributed by atoms with E-state index in [2.05, 4.69) is 15.2 Å². The fraction of sp³-hybridized carbons (Fsp3) is 0.250. The molecule has 0 unspecified atom stereocenters. The number of carbonyl (C=O) groups is 1. The van der Waals surface area contributed by atoms with Gasteiger partial charge in [-0.05, 0) is 0 Å². The minimum atomic E-state index is -5.08. The summed E-state index contributed by atoms with van der Waals surface area (Å²) in [6.45, 7) is 0. The van der Waals surface area contributed by atoms with Crippen LogP contribution in [0.25, 0.3) is 0 Å². The van der Waals surface area contributed by atoms with Crippen LogP contribution >= 0.6 is 0 Å². The molecule has 0 aliphatic carbocycles. The van der Waals surface area contributed by atoms with Gasteiger partial charge in [0.2, 0.25) is 6.33 Å². The van der Waals surface area contributed by atoms with Gasteiger partial charge in [-0.1, -0.05) is 0 Å². The predicted molar refractivity (Wildman–Crippen MR) is 28.8 cm³/mol. The first-order valence-electron chi connectivity index (χ1n) is 2.59. The third kappa shape index (κ3) is 8.79. The van der Waals surface area contributed by atoms with Crippen LogP contribution in [0.4, 0.5) is 13.2 Å². The minimum Gasteiger partial charge on any atom is -1.00 e. The van der Waals surface area contributed by atoms with Crippen molar-refractivity contribution in [2.75, 3.05) is 0 Å². The van der Waals surface area contributed by atoms with Gasteiger partial charge in [0.1, 0.15) is 0 Å². The summed E-state index contributed by atoms with van der Waals surface area (Å²) in [6, 6.07) is 0. The molecule has 0 spiro atoms. The van der Waals surface area contributed by atoms with Gasteiger partial charge in [0.05, 0.1) is 0 Å². The number of aliphatic carboxylic acids is 1. The third-order valence-corrected chi connectivity index (χ3v) is 0.604. The molecule has 1 aromatic rings. The highest BCUT2D eigenvalue weighted by Gasteiger charge is 2.38. The lowest BCUT2D eigenvalue weighted by atomic mass is 10.7. The Morgan fingerprint density at radius 2 is 2.00 bits per heavy atom. The molecular formula is C4H5BrF3N3O2. The molecule has 0 fully saturated rings. The van der Waals surface area contributed by atoms with Crippen molar-refractivity contribution in [3.05, 3.63) is 12.7 Å². The number of rotatable bonds is 0. The Balaban J connectivity index is 0. The maximum Gasteiger partial charge on any atom is 0.490 e. The second-order valence-electron chi connectivity index (χ2n) is 1.50. The quantitative estimate of drug-likeness (QED) is 0.519. The van der Waals surface area contributed by atoms with Crippen LogP contribution < -0.4 is 22.0 Å². The molecule has 0 saturated carbocycles. The minimum absolute atomic E-state index is 0. The van der Waals surface area contributed by atoms with Crippen LogP contribution in [0, 0.1) is 0 Å². The van der Waals surface area contributed by atoms with E-state index in [0.717, 1.165) is 0 Å². The molecule has 13 heavy (non-hydrogen) atoms. The third-order valence-electron chi connectivity index (χ3n) is 0.604. The molecule has 0 saturated heterocycles. The lowest BCUT2D eigenvalue weighted by Gasteiger charge is -1.93. The van der Waals surface area contributed by atoms with Crippen LogP contribution in [0.5, 0.6) is 0 Å². The van der Waals surface area contributed by atoms with Gasteiger partial charge in [-0.3, -0.25) is 4.98 Å². The first kappa shape index (κ1) is 14.4. The number of carboxylic acids is 1. The van der Waals surface area contributed by atoms with E-state index in [1.807, 2.05) is 0 Å². The van der Waals surface area contributed by atoms with E-state index in [4.69, 9.17) is 9.90 Å². The Morgan fingerprint density at radius 1 is 1.54 bits per heavy atom. The van der Waals surface area contributed by atoms with Crippen molar-refractivity contribution in [3.8, 4) is 0 Å². The van der Waals surface area contributed by atoms with E-state index in [9.17, 15) is 13.2 Å². The van der Waals surface area contributed by atoms with E-state index >= 15 is 0 Å². The summed E-state index contributed by atoms with van der Waals surface area (Å²) < 4.78 is 31.7. The van der Waals surface area contributed by atoms with Gasteiger partial charge < -0.3 is 22.1 Å². The lowest BCUT2D eigenvalue weighted by molar-refractivity contribution is -0.377. The van der Waals surface area contributed by atoms with Crippen molar-refractivity contribution in [2.24, 2.45) is 0 Å². The zero-order valence-corrected chi connectivity index (χ0v) is 7.56. The maximum absolute atomic E-state index is 10.6. The number of hydrogen-bond acceptors (Lipinski definition) is 2. The number of aromatic nitrogens is 3. The van der Waals surface area contributed by atoms with Crippen molar-refractivity contribution in [1.29, 1.82) is 0 Å². The summed E-state index contributed by atoms with van der Waals surface area (Å²) in [5, 5.41) is 13.2. The molecule has 0 bridgehead atoms. The van der Waals surface area contributed by atoms with Gasteiger partial charge in [0.25, 0.3) is 6.33 Å². The van der Waals surface area contributed by atoms with Crippen LogP contribution in [0.3, 0.4) is 0 Å². The van der Waals surface area contributed by atoms with E-state index < -0.39 is 12.1 Å². The lowest BCUT2D eigenvalue weighted by Crippen LogP contribution is -3.00. The molecule has 5 nitrogen and oxygen atoms in total. The molecule has 9 heteroatoms. The van der Waals surface area contributed by atoms with Crippen LogP contribution in [-0.4, -0.2) is 27.4 Å². The van der Waals surface area contributed by atoms with Gasteiger partial charge in [-0.2, -0.15) is 13.2 Å². The van der Waals surface area contributed by atoms with Gasteiger partial charge >= 0.3 is 12.1 Å². The topological polar surface area (TPSA) is 80.1 Å². The Hall–Kier alpha value is -1.12. The fourth-order valence-corrected chi connectivity index (χ4v) is 0.186. The number of halogens is 4. The monoisotopic (exact) mass is 263 g/mol. The highest BCUT2D eigenvalue weighted by atomic mass is 79.9. The Labute approximate surface area is 80.7 Å². The van der Waals surface area contributed by atoms with Gasteiger partial charge in [0.15, 0.2) is 0 Å². The van der Waals surface area contributed by atoms with E-state index in [0.29, 0.717) is 0 Å². The average molecular weight is 264 g/mol. The molecule has 0 radical (unpaired) electrons. The first-order chi connectivity index (χ1) is 5.44. The molecule has 0 atom stereocenters. The smallest absolute Gasteiger partial charge is 0.490 e. The Morgan fingerprint density at radius 3 is 2.08 bits per heavy atom. The maximum atomic E-state index is 10.6. The fourth-order valence-electron chi connectivity index (χ4n) is 0.186. The first-order valence-corrected chi connectivity index (χ1v) is 2.59.